The molecule has 1 heterocycles. The van der Waals surface area contributed by atoms with Crippen LogP contribution in [0.25, 0.3) is 0 Å². The molecule has 1 aliphatic heterocycles. The first-order chi connectivity index (χ1) is 9.43. The van der Waals surface area contributed by atoms with E-state index in [1.54, 1.807) is 6.07 Å². The zero-order valence-corrected chi connectivity index (χ0v) is 13.6. The van der Waals surface area contributed by atoms with Crippen LogP contribution in [0.3, 0.4) is 0 Å². The van der Waals surface area contributed by atoms with Gasteiger partial charge in [0.2, 0.25) is 0 Å². The largest absolute Gasteiger partial charge is 0.372 e. The van der Waals surface area contributed by atoms with Gasteiger partial charge in [-0.3, -0.25) is 10.1 Å². The molecule has 0 amide bonds. The number of alkyl halides is 1. The van der Waals surface area contributed by atoms with E-state index in [0.29, 0.717) is 10.7 Å². The predicted molar refractivity (Wildman–Crippen MR) is 85.6 cm³/mol. The van der Waals surface area contributed by atoms with E-state index < -0.39 is 0 Å². The minimum absolute atomic E-state index is 0.195. The highest BCUT2D eigenvalue weighted by molar-refractivity contribution is 9.08. The molecule has 1 saturated heterocycles. The van der Waals surface area contributed by atoms with Crippen molar-refractivity contribution in [3.8, 4) is 0 Å². The SMILES string of the molecule is CC1(C)CCCN(c2ccc([N+](=O)[O-])c(CBr)c2)CC1. The maximum atomic E-state index is 11.0. The lowest BCUT2D eigenvalue weighted by atomic mass is 9.85. The Morgan fingerprint density at radius 1 is 1.35 bits per heavy atom. The highest BCUT2D eigenvalue weighted by Gasteiger charge is 2.24. The smallest absolute Gasteiger partial charge is 0.273 e. The van der Waals surface area contributed by atoms with Gasteiger partial charge in [0.15, 0.2) is 0 Å². The molecule has 0 unspecified atom stereocenters. The van der Waals surface area contributed by atoms with Crippen molar-refractivity contribution in [3.05, 3.63) is 33.9 Å². The number of halogens is 1. The first kappa shape index (κ1) is 15.3. The Morgan fingerprint density at radius 2 is 2.10 bits per heavy atom. The van der Waals surface area contributed by atoms with Gasteiger partial charge < -0.3 is 4.90 Å². The fraction of sp³-hybridized carbons (Fsp3) is 0.600. The molecule has 5 heteroatoms. The van der Waals surface area contributed by atoms with Crippen molar-refractivity contribution >= 4 is 27.3 Å². The van der Waals surface area contributed by atoms with E-state index in [0.717, 1.165) is 30.8 Å². The molecular weight excluding hydrogens is 320 g/mol. The maximum absolute atomic E-state index is 11.0. The third kappa shape index (κ3) is 3.51. The van der Waals surface area contributed by atoms with Crippen LogP contribution in [0.2, 0.25) is 0 Å². The van der Waals surface area contributed by atoms with Gasteiger partial charge in [-0.05, 0) is 36.8 Å². The summed E-state index contributed by atoms with van der Waals surface area (Å²) in [6.07, 6.45) is 3.57. The van der Waals surface area contributed by atoms with Crippen molar-refractivity contribution in [1.82, 2.24) is 0 Å². The van der Waals surface area contributed by atoms with Crippen LogP contribution in [0.4, 0.5) is 11.4 Å². The van der Waals surface area contributed by atoms with E-state index in [2.05, 4.69) is 34.7 Å². The monoisotopic (exact) mass is 340 g/mol. The zero-order valence-electron chi connectivity index (χ0n) is 12.1. The van der Waals surface area contributed by atoms with Gasteiger partial charge >= 0.3 is 0 Å². The Hall–Kier alpha value is -1.10. The van der Waals surface area contributed by atoms with E-state index in [-0.39, 0.29) is 10.6 Å². The molecule has 1 aromatic carbocycles. The molecule has 20 heavy (non-hydrogen) atoms. The van der Waals surface area contributed by atoms with Gasteiger partial charge in [-0.25, -0.2) is 0 Å². The van der Waals surface area contributed by atoms with Crippen LogP contribution in [0.1, 0.15) is 38.7 Å². The molecular formula is C15H21BrN2O2. The van der Waals surface area contributed by atoms with Crippen molar-refractivity contribution in [2.75, 3.05) is 18.0 Å². The average Bonchev–Trinajstić information content (AvgIpc) is 2.59. The van der Waals surface area contributed by atoms with Gasteiger partial charge in [-0.1, -0.05) is 29.8 Å². The summed E-state index contributed by atoms with van der Waals surface area (Å²) in [5.41, 5.74) is 2.44. The quantitative estimate of drug-likeness (QED) is 0.462. The van der Waals surface area contributed by atoms with E-state index in [1.165, 1.54) is 12.8 Å². The van der Waals surface area contributed by atoms with Crippen LogP contribution in [-0.4, -0.2) is 18.0 Å². The molecule has 0 N–H and O–H groups in total. The Bertz CT molecular complexity index is 503. The van der Waals surface area contributed by atoms with Crippen LogP contribution in [0.15, 0.2) is 18.2 Å². The lowest BCUT2D eigenvalue weighted by Gasteiger charge is -2.25. The summed E-state index contributed by atoms with van der Waals surface area (Å²) < 4.78 is 0. The Kier molecular flexibility index (Phi) is 4.68. The van der Waals surface area contributed by atoms with Gasteiger partial charge in [0.25, 0.3) is 5.69 Å². The summed E-state index contributed by atoms with van der Waals surface area (Å²) in [6.45, 7) is 6.68. The summed E-state index contributed by atoms with van der Waals surface area (Å²) in [7, 11) is 0. The van der Waals surface area contributed by atoms with Crippen LogP contribution in [-0.2, 0) is 5.33 Å². The molecule has 0 radical (unpaired) electrons. The average molecular weight is 341 g/mol. The standard InChI is InChI=1S/C15H21BrN2O2/c1-15(2)6-3-8-17(9-7-15)13-4-5-14(18(19)20)12(10-13)11-16/h4-5,10H,3,6-9,11H2,1-2H3. The van der Waals surface area contributed by atoms with Crippen molar-refractivity contribution < 1.29 is 4.92 Å². The van der Waals surface area contributed by atoms with Crippen molar-refractivity contribution in [2.45, 2.75) is 38.4 Å². The second-order valence-corrected chi connectivity index (χ2v) is 6.77. The molecule has 0 bridgehead atoms. The summed E-state index contributed by atoms with van der Waals surface area (Å²) in [4.78, 5) is 13.0. The fourth-order valence-electron chi connectivity index (χ4n) is 2.73. The second-order valence-electron chi connectivity index (χ2n) is 6.21. The third-order valence-corrected chi connectivity index (χ3v) is 4.71. The van der Waals surface area contributed by atoms with E-state index in [4.69, 9.17) is 0 Å². The Labute approximate surface area is 128 Å². The third-order valence-electron chi connectivity index (χ3n) is 4.11. The lowest BCUT2D eigenvalue weighted by molar-refractivity contribution is -0.385. The summed E-state index contributed by atoms with van der Waals surface area (Å²) in [6, 6.07) is 5.45. The summed E-state index contributed by atoms with van der Waals surface area (Å²) >= 11 is 3.35. The van der Waals surface area contributed by atoms with Crippen LogP contribution in [0.5, 0.6) is 0 Å². The van der Waals surface area contributed by atoms with E-state index >= 15 is 0 Å². The molecule has 1 fully saturated rings. The van der Waals surface area contributed by atoms with Gasteiger partial charge in [-0.15, -0.1) is 0 Å². The molecule has 110 valence electrons. The molecule has 2 rings (SSSR count). The topological polar surface area (TPSA) is 46.4 Å². The van der Waals surface area contributed by atoms with Gasteiger partial charge in [-0.2, -0.15) is 0 Å². The van der Waals surface area contributed by atoms with Gasteiger partial charge in [0, 0.05) is 35.7 Å². The molecule has 0 atom stereocenters. The predicted octanol–water partition coefficient (Wildman–Crippen LogP) is 4.51. The molecule has 1 aliphatic rings. The van der Waals surface area contributed by atoms with E-state index in [1.807, 2.05) is 12.1 Å². The number of rotatable bonds is 3. The highest BCUT2D eigenvalue weighted by atomic mass is 79.9. The first-order valence-corrected chi connectivity index (χ1v) is 8.13. The lowest BCUT2D eigenvalue weighted by Crippen LogP contribution is -2.25. The van der Waals surface area contributed by atoms with Crippen molar-refractivity contribution in [1.29, 1.82) is 0 Å². The number of hydrogen-bond acceptors (Lipinski definition) is 3. The Balaban J connectivity index is 2.22. The number of nitro benzene ring substituents is 1. The number of hydrogen-bond donors (Lipinski definition) is 0. The normalized spacial score (nSPS) is 18.6. The highest BCUT2D eigenvalue weighted by Crippen LogP contribution is 2.33. The number of nitrogens with zero attached hydrogens (tertiary/aromatic N) is 2. The molecule has 0 aromatic heterocycles. The zero-order chi connectivity index (χ0) is 14.8. The second kappa shape index (κ2) is 6.12. The first-order valence-electron chi connectivity index (χ1n) is 7.01. The van der Waals surface area contributed by atoms with Gasteiger partial charge in [0.1, 0.15) is 0 Å². The maximum Gasteiger partial charge on any atom is 0.273 e. The van der Waals surface area contributed by atoms with E-state index in [9.17, 15) is 10.1 Å². The Morgan fingerprint density at radius 3 is 2.75 bits per heavy atom. The molecule has 0 spiro atoms. The summed E-state index contributed by atoms with van der Waals surface area (Å²) in [5, 5.41) is 11.5. The molecule has 0 saturated carbocycles. The number of nitro groups is 1. The van der Waals surface area contributed by atoms with Crippen LogP contribution in [0, 0.1) is 15.5 Å². The van der Waals surface area contributed by atoms with Crippen molar-refractivity contribution in [2.24, 2.45) is 5.41 Å². The minimum Gasteiger partial charge on any atom is -0.372 e. The molecule has 4 nitrogen and oxygen atoms in total. The molecule has 0 aliphatic carbocycles. The molecule has 1 aromatic rings. The summed E-state index contributed by atoms with van der Waals surface area (Å²) in [5.74, 6) is 0. The number of benzene rings is 1. The van der Waals surface area contributed by atoms with Gasteiger partial charge in [0.05, 0.1) is 4.92 Å². The van der Waals surface area contributed by atoms with Crippen LogP contribution >= 0.6 is 15.9 Å². The number of anilines is 1. The minimum atomic E-state index is -0.314. The van der Waals surface area contributed by atoms with Crippen molar-refractivity contribution in [3.63, 3.8) is 0 Å². The fourth-order valence-corrected chi connectivity index (χ4v) is 3.18. The van der Waals surface area contributed by atoms with Crippen LogP contribution < -0.4 is 4.90 Å².